The quantitative estimate of drug-likeness (QED) is 0.745. The van der Waals surface area contributed by atoms with E-state index in [9.17, 15) is 0 Å². The molecule has 2 saturated heterocycles. The summed E-state index contributed by atoms with van der Waals surface area (Å²) in [6, 6.07) is 12.7. The lowest BCUT2D eigenvalue weighted by Gasteiger charge is -2.36. The van der Waals surface area contributed by atoms with Gasteiger partial charge in [0.25, 0.3) is 0 Å². The number of nitrogens with zero attached hydrogens (tertiary/aromatic N) is 4. The van der Waals surface area contributed by atoms with E-state index in [1.54, 1.807) is 6.20 Å². The van der Waals surface area contributed by atoms with Gasteiger partial charge in [-0.05, 0) is 61.1 Å². The molecule has 1 N–H and O–H groups in total. The molecular weight excluding hydrogens is 362 g/mol. The molecule has 6 rings (SSSR count). The van der Waals surface area contributed by atoms with Gasteiger partial charge in [-0.2, -0.15) is 4.98 Å². The molecule has 3 aliphatic rings. The number of piperidine rings is 1. The van der Waals surface area contributed by atoms with Crippen molar-refractivity contribution in [1.82, 2.24) is 19.9 Å². The molecule has 2 aromatic heterocycles. The van der Waals surface area contributed by atoms with E-state index in [-0.39, 0.29) is 0 Å². The first-order chi connectivity index (χ1) is 14.2. The highest BCUT2D eigenvalue weighted by Gasteiger charge is 2.35. The highest BCUT2D eigenvalue weighted by atomic mass is 16.5. The molecule has 0 amide bonds. The van der Waals surface area contributed by atoms with Crippen molar-refractivity contribution in [2.24, 2.45) is 0 Å². The maximum atomic E-state index is 6.08. The number of anilines is 1. The zero-order valence-electron chi connectivity index (χ0n) is 16.6. The number of pyridine rings is 1. The standard InChI is InChI=1S/C23H25N5O/c1-27(19-11-16-2-3-17(12-19)25-16)22-7-6-21-20-5-4-18(28-9-8-24-14-28)10-15(20)13-29-23(21)26-22/h4-10,14,16-17,19,25H,2-3,11-13H2,1H3/t16-,17+,19?. The monoisotopic (exact) mass is 387 g/mol. The van der Waals surface area contributed by atoms with E-state index in [0.717, 1.165) is 22.9 Å². The maximum Gasteiger partial charge on any atom is 0.223 e. The molecule has 5 heterocycles. The number of aromatic nitrogens is 3. The van der Waals surface area contributed by atoms with Gasteiger partial charge in [0.15, 0.2) is 0 Å². The van der Waals surface area contributed by atoms with Gasteiger partial charge in [-0.25, -0.2) is 4.98 Å². The van der Waals surface area contributed by atoms with Crippen molar-refractivity contribution in [2.45, 2.75) is 50.4 Å². The third kappa shape index (κ3) is 2.90. The second-order valence-corrected chi connectivity index (χ2v) is 8.50. The largest absolute Gasteiger partial charge is 0.472 e. The summed E-state index contributed by atoms with van der Waals surface area (Å²) < 4.78 is 8.09. The van der Waals surface area contributed by atoms with Crippen LogP contribution in [0.3, 0.4) is 0 Å². The van der Waals surface area contributed by atoms with E-state index in [1.165, 1.54) is 36.8 Å². The van der Waals surface area contributed by atoms with Gasteiger partial charge in [-0.3, -0.25) is 0 Å². The Morgan fingerprint density at radius 2 is 1.93 bits per heavy atom. The Hall–Kier alpha value is -2.86. The fourth-order valence-electron chi connectivity index (χ4n) is 5.15. The molecule has 0 aliphatic carbocycles. The van der Waals surface area contributed by atoms with Crippen LogP contribution in [0.25, 0.3) is 16.8 Å². The SMILES string of the molecule is CN(c1ccc2c(n1)OCc1cc(-n3ccnc3)ccc1-2)C1C[C@H]2CC[C@@H](C1)N2. The van der Waals surface area contributed by atoms with Crippen molar-refractivity contribution in [2.75, 3.05) is 11.9 Å². The normalized spacial score (nSPS) is 24.5. The number of ether oxygens (including phenoxy) is 1. The first kappa shape index (κ1) is 17.0. The fraction of sp³-hybridized carbons (Fsp3) is 0.391. The highest BCUT2D eigenvalue weighted by Crippen LogP contribution is 2.39. The second kappa shape index (κ2) is 6.59. The average Bonchev–Trinajstić information content (AvgIpc) is 3.42. The number of hydrogen-bond donors (Lipinski definition) is 1. The van der Waals surface area contributed by atoms with Crippen molar-refractivity contribution in [3.8, 4) is 22.7 Å². The second-order valence-electron chi connectivity index (χ2n) is 8.50. The van der Waals surface area contributed by atoms with Gasteiger partial charge in [0.1, 0.15) is 12.4 Å². The van der Waals surface area contributed by atoms with Gasteiger partial charge in [0.05, 0.1) is 6.33 Å². The maximum absolute atomic E-state index is 6.08. The molecular formula is C23H25N5O. The summed E-state index contributed by atoms with van der Waals surface area (Å²) in [5, 5.41) is 3.72. The van der Waals surface area contributed by atoms with Crippen LogP contribution in [0.1, 0.15) is 31.2 Å². The molecule has 3 aromatic rings. The lowest BCUT2D eigenvalue weighted by Crippen LogP contribution is -2.47. The van der Waals surface area contributed by atoms with Crippen LogP contribution in [0.5, 0.6) is 5.88 Å². The van der Waals surface area contributed by atoms with Gasteiger partial charge >= 0.3 is 0 Å². The lowest BCUT2D eigenvalue weighted by molar-refractivity contribution is 0.289. The fourth-order valence-corrected chi connectivity index (χ4v) is 5.15. The molecule has 148 valence electrons. The molecule has 29 heavy (non-hydrogen) atoms. The van der Waals surface area contributed by atoms with Gasteiger partial charge in [0.2, 0.25) is 5.88 Å². The first-order valence-corrected chi connectivity index (χ1v) is 10.5. The Labute approximate surface area is 170 Å². The number of nitrogens with one attached hydrogen (secondary N) is 1. The molecule has 1 aromatic carbocycles. The van der Waals surface area contributed by atoms with E-state index in [0.29, 0.717) is 24.7 Å². The molecule has 6 nitrogen and oxygen atoms in total. The van der Waals surface area contributed by atoms with Gasteiger partial charge < -0.3 is 19.5 Å². The predicted octanol–water partition coefficient (Wildman–Crippen LogP) is 3.55. The number of hydrogen-bond acceptors (Lipinski definition) is 5. The Morgan fingerprint density at radius 3 is 2.72 bits per heavy atom. The minimum Gasteiger partial charge on any atom is -0.472 e. The third-order valence-corrected chi connectivity index (χ3v) is 6.75. The smallest absolute Gasteiger partial charge is 0.223 e. The minimum absolute atomic E-state index is 0.544. The van der Waals surface area contributed by atoms with Crippen LogP contribution in [-0.2, 0) is 6.61 Å². The summed E-state index contributed by atoms with van der Waals surface area (Å²) in [6.07, 6.45) is 10.6. The number of fused-ring (bicyclic) bond motifs is 5. The Bertz CT molecular complexity index is 1040. The van der Waals surface area contributed by atoms with E-state index < -0.39 is 0 Å². The Balaban J connectivity index is 1.29. The molecule has 0 saturated carbocycles. The summed E-state index contributed by atoms with van der Waals surface area (Å²) in [7, 11) is 2.18. The summed E-state index contributed by atoms with van der Waals surface area (Å²) in [5.41, 5.74) is 4.56. The average molecular weight is 387 g/mol. The summed E-state index contributed by atoms with van der Waals surface area (Å²) in [6.45, 7) is 0.544. The lowest BCUT2D eigenvalue weighted by atomic mass is 9.97. The Kier molecular flexibility index (Phi) is 3.87. The molecule has 1 unspecified atom stereocenters. The number of imidazole rings is 1. The minimum atomic E-state index is 0.544. The van der Waals surface area contributed by atoms with Crippen molar-refractivity contribution in [1.29, 1.82) is 0 Å². The molecule has 2 bridgehead atoms. The van der Waals surface area contributed by atoms with E-state index in [4.69, 9.17) is 9.72 Å². The van der Waals surface area contributed by atoms with Gasteiger partial charge in [-0.1, -0.05) is 6.07 Å². The zero-order chi connectivity index (χ0) is 19.4. The zero-order valence-corrected chi connectivity index (χ0v) is 16.6. The van der Waals surface area contributed by atoms with Crippen molar-refractivity contribution < 1.29 is 4.74 Å². The van der Waals surface area contributed by atoms with Crippen LogP contribution in [-0.4, -0.2) is 39.7 Å². The van der Waals surface area contributed by atoms with Crippen LogP contribution in [0.2, 0.25) is 0 Å². The van der Waals surface area contributed by atoms with Crippen LogP contribution >= 0.6 is 0 Å². The van der Waals surface area contributed by atoms with Crippen LogP contribution in [0.15, 0.2) is 49.1 Å². The first-order valence-electron chi connectivity index (χ1n) is 10.5. The third-order valence-electron chi connectivity index (χ3n) is 6.75. The summed E-state index contributed by atoms with van der Waals surface area (Å²) >= 11 is 0. The molecule has 3 atom stereocenters. The van der Waals surface area contributed by atoms with E-state index >= 15 is 0 Å². The van der Waals surface area contributed by atoms with E-state index in [2.05, 4.69) is 52.6 Å². The topological polar surface area (TPSA) is 55.2 Å². The van der Waals surface area contributed by atoms with Crippen LogP contribution in [0, 0.1) is 0 Å². The number of benzene rings is 1. The highest BCUT2D eigenvalue weighted by molar-refractivity contribution is 5.75. The van der Waals surface area contributed by atoms with Crippen LogP contribution in [0.4, 0.5) is 5.82 Å². The summed E-state index contributed by atoms with van der Waals surface area (Å²) in [5.74, 6) is 1.75. The molecule has 2 fully saturated rings. The molecule has 0 spiro atoms. The molecule has 6 heteroatoms. The summed E-state index contributed by atoms with van der Waals surface area (Å²) in [4.78, 5) is 11.4. The van der Waals surface area contributed by atoms with Crippen molar-refractivity contribution in [3.63, 3.8) is 0 Å². The van der Waals surface area contributed by atoms with Gasteiger partial charge in [-0.15, -0.1) is 0 Å². The van der Waals surface area contributed by atoms with Crippen molar-refractivity contribution >= 4 is 5.82 Å². The predicted molar refractivity (Wildman–Crippen MR) is 112 cm³/mol. The molecule has 0 radical (unpaired) electrons. The number of rotatable bonds is 3. The van der Waals surface area contributed by atoms with Gasteiger partial charge in [0, 0.05) is 48.8 Å². The van der Waals surface area contributed by atoms with Crippen molar-refractivity contribution in [3.05, 3.63) is 54.6 Å². The van der Waals surface area contributed by atoms with E-state index in [1.807, 2.05) is 17.1 Å². The Morgan fingerprint density at radius 1 is 1.10 bits per heavy atom. The molecule has 3 aliphatic heterocycles. The van der Waals surface area contributed by atoms with Crippen LogP contribution < -0.4 is 15.0 Å².